The van der Waals surface area contributed by atoms with Gasteiger partial charge in [0.15, 0.2) is 0 Å². The summed E-state index contributed by atoms with van der Waals surface area (Å²) in [5.41, 5.74) is 9.08. The average molecular weight is 543 g/mol. The van der Waals surface area contributed by atoms with Gasteiger partial charge >= 0.3 is 0 Å². The van der Waals surface area contributed by atoms with Gasteiger partial charge in [-0.15, -0.1) is 0 Å². The summed E-state index contributed by atoms with van der Waals surface area (Å²) in [6.45, 7) is 9.78. The Morgan fingerprint density at radius 2 is 1.64 bits per heavy atom. The summed E-state index contributed by atoms with van der Waals surface area (Å²) in [6, 6.07) is 25.5. The second-order valence-electron chi connectivity index (χ2n) is 9.87. The van der Waals surface area contributed by atoms with E-state index in [1.165, 1.54) is 12.1 Å². The molecular formula is C31H34N4O3S. The number of benzene rings is 3. The van der Waals surface area contributed by atoms with Crippen LogP contribution in [0.15, 0.2) is 94.9 Å². The maximum Gasteiger partial charge on any atom is 0.264 e. The number of carbonyl (C=O) groups is 1. The monoisotopic (exact) mass is 542 g/mol. The van der Waals surface area contributed by atoms with Crippen LogP contribution in [0.3, 0.4) is 0 Å². The summed E-state index contributed by atoms with van der Waals surface area (Å²) in [5, 5.41) is 4.15. The summed E-state index contributed by atoms with van der Waals surface area (Å²) in [7, 11) is -3.99. The number of carbonyl (C=O) groups excluding carboxylic acids is 1. The summed E-state index contributed by atoms with van der Waals surface area (Å²) >= 11 is 0. The lowest BCUT2D eigenvalue weighted by Crippen LogP contribution is -2.39. The normalized spacial score (nSPS) is 11.7. The fourth-order valence-electron chi connectivity index (χ4n) is 4.48. The second kappa shape index (κ2) is 11.7. The van der Waals surface area contributed by atoms with Crippen molar-refractivity contribution in [3.63, 3.8) is 0 Å². The molecule has 8 heteroatoms. The van der Waals surface area contributed by atoms with Gasteiger partial charge in [-0.1, -0.05) is 56.3 Å². The standard InChI is InChI=1S/C31H34N4O3S/c1-22(2)26-14-16-28(17-15-26)34(39(37,38)30-12-7-6-8-13-30)21-31(36)33-32-20-27-19-24(4)35(25(27)5)29-11-9-10-23(3)18-29/h6-20,22H,21H2,1-5H3,(H,33,36)/b32-20+. The van der Waals surface area contributed by atoms with E-state index in [1.54, 1.807) is 36.5 Å². The Morgan fingerprint density at radius 3 is 2.28 bits per heavy atom. The van der Waals surface area contributed by atoms with Crippen molar-refractivity contribution in [2.75, 3.05) is 10.8 Å². The quantitative estimate of drug-likeness (QED) is 0.212. The van der Waals surface area contributed by atoms with Gasteiger partial charge in [0.1, 0.15) is 6.54 Å². The molecule has 0 fully saturated rings. The number of nitrogens with one attached hydrogen (secondary N) is 1. The van der Waals surface area contributed by atoms with Crippen molar-refractivity contribution in [3.8, 4) is 5.69 Å². The highest BCUT2D eigenvalue weighted by molar-refractivity contribution is 7.92. The summed E-state index contributed by atoms with van der Waals surface area (Å²) in [4.78, 5) is 13.1. The third-order valence-electron chi connectivity index (χ3n) is 6.59. The molecule has 0 saturated heterocycles. The Hall–Kier alpha value is -4.17. The van der Waals surface area contributed by atoms with Crippen LogP contribution in [-0.2, 0) is 14.8 Å². The Balaban J connectivity index is 1.55. The van der Waals surface area contributed by atoms with Crippen LogP contribution in [0.2, 0.25) is 0 Å². The maximum atomic E-state index is 13.5. The number of hydrogen-bond donors (Lipinski definition) is 1. The molecule has 0 bridgehead atoms. The third-order valence-corrected chi connectivity index (χ3v) is 8.38. The molecule has 39 heavy (non-hydrogen) atoms. The van der Waals surface area contributed by atoms with Crippen LogP contribution in [0, 0.1) is 20.8 Å². The van der Waals surface area contributed by atoms with Gasteiger partial charge in [-0.3, -0.25) is 9.10 Å². The average Bonchev–Trinajstić information content (AvgIpc) is 3.20. The van der Waals surface area contributed by atoms with E-state index in [-0.39, 0.29) is 4.90 Å². The van der Waals surface area contributed by atoms with Crippen LogP contribution in [0.25, 0.3) is 5.69 Å². The number of hydrogen-bond acceptors (Lipinski definition) is 4. The van der Waals surface area contributed by atoms with Crippen molar-refractivity contribution in [3.05, 3.63) is 113 Å². The predicted molar refractivity (Wildman–Crippen MR) is 157 cm³/mol. The van der Waals surface area contributed by atoms with E-state index >= 15 is 0 Å². The molecule has 0 aliphatic heterocycles. The molecule has 4 aromatic rings. The molecule has 0 unspecified atom stereocenters. The molecule has 4 rings (SSSR count). The summed E-state index contributed by atoms with van der Waals surface area (Å²) in [6.07, 6.45) is 1.58. The molecule has 0 spiro atoms. The largest absolute Gasteiger partial charge is 0.318 e. The van der Waals surface area contributed by atoms with Gasteiger partial charge in [0.25, 0.3) is 15.9 Å². The van der Waals surface area contributed by atoms with Gasteiger partial charge in [-0.25, -0.2) is 13.8 Å². The zero-order valence-electron chi connectivity index (χ0n) is 22.9. The van der Waals surface area contributed by atoms with Crippen LogP contribution >= 0.6 is 0 Å². The predicted octanol–water partition coefficient (Wildman–Crippen LogP) is 5.87. The zero-order valence-corrected chi connectivity index (χ0v) is 23.7. The molecule has 0 saturated carbocycles. The highest BCUT2D eigenvalue weighted by Crippen LogP contribution is 2.26. The number of aromatic nitrogens is 1. The molecule has 3 aromatic carbocycles. The number of amides is 1. The lowest BCUT2D eigenvalue weighted by Gasteiger charge is -2.24. The lowest BCUT2D eigenvalue weighted by molar-refractivity contribution is -0.119. The summed E-state index contributed by atoms with van der Waals surface area (Å²) in [5.74, 6) is -0.255. The van der Waals surface area contributed by atoms with Gasteiger partial charge in [0, 0.05) is 22.6 Å². The van der Waals surface area contributed by atoms with Crippen molar-refractivity contribution in [2.45, 2.75) is 45.4 Å². The topological polar surface area (TPSA) is 83.8 Å². The number of nitrogens with zero attached hydrogens (tertiary/aromatic N) is 3. The number of rotatable bonds is 9. The van der Waals surface area contributed by atoms with Crippen LogP contribution in [-0.4, -0.2) is 31.7 Å². The number of hydrazone groups is 1. The Bertz CT molecular complexity index is 1590. The molecule has 7 nitrogen and oxygen atoms in total. The molecule has 0 aliphatic rings. The molecule has 1 heterocycles. The minimum absolute atomic E-state index is 0.109. The molecule has 1 amide bonds. The number of anilines is 1. The summed E-state index contributed by atoms with van der Waals surface area (Å²) < 4.78 is 30.3. The smallest absolute Gasteiger partial charge is 0.264 e. The first-order valence-electron chi connectivity index (χ1n) is 12.8. The van der Waals surface area contributed by atoms with Gasteiger partial charge in [0.05, 0.1) is 16.8 Å². The highest BCUT2D eigenvalue weighted by atomic mass is 32.2. The molecule has 1 aromatic heterocycles. The van der Waals surface area contributed by atoms with Gasteiger partial charge < -0.3 is 4.57 Å². The minimum atomic E-state index is -3.99. The van der Waals surface area contributed by atoms with E-state index in [1.807, 2.05) is 44.2 Å². The Labute approximate surface area is 230 Å². The molecule has 1 N–H and O–H groups in total. The lowest BCUT2D eigenvalue weighted by atomic mass is 10.0. The van der Waals surface area contributed by atoms with Crippen molar-refractivity contribution < 1.29 is 13.2 Å². The molecule has 0 aliphatic carbocycles. The fourth-order valence-corrected chi connectivity index (χ4v) is 5.92. The van der Waals surface area contributed by atoms with Gasteiger partial charge in [0.2, 0.25) is 0 Å². The zero-order chi connectivity index (χ0) is 28.2. The van der Waals surface area contributed by atoms with Crippen LogP contribution in [0.4, 0.5) is 5.69 Å². The van der Waals surface area contributed by atoms with Crippen LogP contribution in [0.5, 0.6) is 0 Å². The van der Waals surface area contributed by atoms with Crippen molar-refractivity contribution in [1.82, 2.24) is 9.99 Å². The van der Waals surface area contributed by atoms with Crippen LogP contribution < -0.4 is 9.73 Å². The van der Waals surface area contributed by atoms with Gasteiger partial charge in [-0.05, 0) is 80.3 Å². The Morgan fingerprint density at radius 1 is 0.949 bits per heavy atom. The van der Waals surface area contributed by atoms with Crippen LogP contribution in [0.1, 0.15) is 47.8 Å². The molecule has 0 radical (unpaired) electrons. The first-order chi connectivity index (χ1) is 18.6. The van der Waals surface area contributed by atoms with Crippen molar-refractivity contribution in [1.29, 1.82) is 0 Å². The number of sulfonamides is 1. The highest BCUT2D eigenvalue weighted by Gasteiger charge is 2.27. The van der Waals surface area contributed by atoms with E-state index in [9.17, 15) is 13.2 Å². The van der Waals surface area contributed by atoms with E-state index in [0.717, 1.165) is 38.1 Å². The SMILES string of the molecule is Cc1cccc(-n2c(C)cc(/C=N/NC(=O)CN(c3ccc(C(C)C)cc3)S(=O)(=O)c3ccccc3)c2C)c1. The minimum Gasteiger partial charge on any atom is -0.318 e. The van der Waals surface area contributed by atoms with Crippen molar-refractivity contribution >= 4 is 27.8 Å². The fraction of sp³-hybridized carbons (Fsp3) is 0.226. The van der Waals surface area contributed by atoms with E-state index in [2.05, 4.69) is 48.0 Å². The molecular weight excluding hydrogens is 508 g/mol. The molecule has 0 atom stereocenters. The van der Waals surface area contributed by atoms with E-state index < -0.39 is 22.5 Å². The van der Waals surface area contributed by atoms with E-state index in [4.69, 9.17) is 0 Å². The third kappa shape index (κ3) is 6.29. The maximum absolute atomic E-state index is 13.5. The van der Waals surface area contributed by atoms with Crippen molar-refractivity contribution in [2.24, 2.45) is 5.10 Å². The molecule has 202 valence electrons. The second-order valence-corrected chi connectivity index (χ2v) is 11.7. The van der Waals surface area contributed by atoms with E-state index in [0.29, 0.717) is 11.6 Å². The first kappa shape index (κ1) is 27.9. The Kier molecular flexibility index (Phi) is 8.35. The first-order valence-corrected chi connectivity index (χ1v) is 14.3. The van der Waals surface area contributed by atoms with Gasteiger partial charge in [-0.2, -0.15) is 5.10 Å². The number of aryl methyl sites for hydroxylation is 2.